The molecule has 0 unspecified atom stereocenters. The van der Waals surface area contributed by atoms with Crippen molar-refractivity contribution in [3.8, 4) is 0 Å². The third-order valence-corrected chi connectivity index (χ3v) is 4.92. The van der Waals surface area contributed by atoms with E-state index in [0.717, 1.165) is 0 Å². The van der Waals surface area contributed by atoms with E-state index in [0.29, 0.717) is 47.3 Å². The molecule has 1 aliphatic heterocycles. The Morgan fingerprint density at radius 2 is 1.81 bits per heavy atom. The van der Waals surface area contributed by atoms with Gasteiger partial charge in [-0.05, 0) is 43.2 Å². The summed E-state index contributed by atoms with van der Waals surface area (Å²) in [6, 6.07) is 8.56. The molecule has 1 aromatic carbocycles. The molecule has 3 rings (SSSR count). The number of carbonyl (C=O) groups is 2. The van der Waals surface area contributed by atoms with Gasteiger partial charge in [0.1, 0.15) is 0 Å². The number of rotatable bonds is 4. The molecule has 0 atom stereocenters. The first-order valence-corrected chi connectivity index (χ1v) is 9.05. The van der Waals surface area contributed by atoms with Gasteiger partial charge in [-0.3, -0.25) is 9.59 Å². The number of carbonyl (C=O) groups excluding carboxylic acids is 2. The molecule has 1 aromatic heterocycles. The van der Waals surface area contributed by atoms with E-state index in [1.165, 1.54) is 12.3 Å². The second-order valence-corrected chi connectivity index (χ2v) is 6.84. The van der Waals surface area contributed by atoms with Crippen LogP contribution < -0.4 is 5.32 Å². The first-order chi connectivity index (χ1) is 12.5. The molecule has 2 amide bonds. The number of hydrogen-bond acceptors (Lipinski definition) is 3. The highest BCUT2D eigenvalue weighted by molar-refractivity contribution is 6.37. The van der Waals surface area contributed by atoms with Crippen molar-refractivity contribution in [2.24, 2.45) is 0 Å². The third kappa shape index (κ3) is 4.48. The van der Waals surface area contributed by atoms with Crippen molar-refractivity contribution >= 4 is 41.1 Å². The zero-order valence-corrected chi connectivity index (χ0v) is 15.5. The first kappa shape index (κ1) is 18.5. The molecule has 2 heterocycles. The molecule has 1 aliphatic rings. The van der Waals surface area contributed by atoms with Gasteiger partial charge < -0.3 is 14.6 Å². The predicted molar refractivity (Wildman–Crippen MR) is 101 cm³/mol. The van der Waals surface area contributed by atoms with Crippen LogP contribution in [0.5, 0.6) is 0 Å². The summed E-state index contributed by atoms with van der Waals surface area (Å²) in [6.07, 6.45) is 5.90. The highest BCUT2D eigenvalue weighted by Gasteiger charge is 2.25. The summed E-state index contributed by atoms with van der Waals surface area (Å²) >= 11 is 12.2. The van der Waals surface area contributed by atoms with E-state index >= 15 is 0 Å². The zero-order valence-electron chi connectivity index (χ0n) is 14.0. The molecule has 5 nitrogen and oxygen atoms in total. The van der Waals surface area contributed by atoms with Gasteiger partial charge in [-0.15, -0.1) is 0 Å². The predicted octanol–water partition coefficient (Wildman–Crippen LogP) is 4.02. The molecule has 0 bridgehead atoms. The first-order valence-electron chi connectivity index (χ1n) is 8.30. The quantitative estimate of drug-likeness (QED) is 0.799. The van der Waals surface area contributed by atoms with E-state index in [1.54, 1.807) is 41.3 Å². The van der Waals surface area contributed by atoms with Crippen LogP contribution >= 0.6 is 23.2 Å². The van der Waals surface area contributed by atoms with Crippen LogP contribution in [0.25, 0.3) is 6.08 Å². The maximum atomic E-state index is 12.2. The summed E-state index contributed by atoms with van der Waals surface area (Å²) in [5.74, 6) is 0.0110. The van der Waals surface area contributed by atoms with Gasteiger partial charge in [0.15, 0.2) is 5.76 Å². The molecule has 1 N–H and O–H groups in total. The Bertz CT molecular complexity index is 790. The van der Waals surface area contributed by atoms with Crippen LogP contribution in [-0.4, -0.2) is 35.8 Å². The van der Waals surface area contributed by atoms with Gasteiger partial charge in [-0.25, -0.2) is 0 Å². The van der Waals surface area contributed by atoms with Crippen molar-refractivity contribution < 1.29 is 14.0 Å². The van der Waals surface area contributed by atoms with Crippen molar-refractivity contribution in [2.75, 3.05) is 13.1 Å². The smallest absolute Gasteiger partial charge is 0.289 e. The van der Waals surface area contributed by atoms with Crippen LogP contribution in [0.4, 0.5) is 0 Å². The number of amides is 2. The van der Waals surface area contributed by atoms with Gasteiger partial charge in [0, 0.05) is 40.8 Å². The summed E-state index contributed by atoms with van der Waals surface area (Å²) < 4.78 is 5.14. The summed E-state index contributed by atoms with van der Waals surface area (Å²) in [4.78, 5) is 26.1. The van der Waals surface area contributed by atoms with E-state index in [2.05, 4.69) is 5.32 Å². The summed E-state index contributed by atoms with van der Waals surface area (Å²) in [5, 5.41) is 3.93. The lowest BCUT2D eigenvalue weighted by Crippen LogP contribution is -2.46. The number of likely N-dealkylation sites (tertiary alicyclic amines) is 1. The third-order valence-electron chi connectivity index (χ3n) is 4.26. The monoisotopic (exact) mass is 392 g/mol. The van der Waals surface area contributed by atoms with Gasteiger partial charge in [-0.2, -0.15) is 0 Å². The second kappa shape index (κ2) is 8.43. The normalized spacial score (nSPS) is 15.4. The topological polar surface area (TPSA) is 62.6 Å². The Hall–Kier alpha value is -2.24. The molecule has 0 radical (unpaired) electrons. The second-order valence-electron chi connectivity index (χ2n) is 6.02. The fourth-order valence-electron chi connectivity index (χ4n) is 2.86. The average Bonchev–Trinajstić information content (AvgIpc) is 3.16. The molecule has 0 saturated carbocycles. The lowest BCUT2D eigenvalue weighted by atomic mass is 10.0. The van der Waals surface area contributed by atoms with Crippen LogP contribution in [0.3, 0.4) is 0 Å². The summed E-state index contributed by atoms with van der Waals surface area (Å²) in [5.41, 5.74) is 0.616. The molecule has 26 heavy (non-hydrogen) atoms. The number of benzene rings is 1. The van der Waals surface area contributed by atoms with Gasteiger partial charge in [-0.1, -0.05) is 29.3 Å². The highest BCUT2D eigenvalue weighted by atomic mass is 35.5. The van der Waals surface area contributed by atoms with Crippen LogP contribution in [0.15, 0.2) is 47.1 Å². The standard InChI is InChI=1S/C19H18Cl2N2O3/c20-15-3-1-4-16(21)14(15)6-7-18(24)22-13-8-10-23(11-9-13)19(25)17-5-2-12-26-17/h1-7,12-13H,8-11H2,(H,22,24)/b7-6+. The van der Waals surface area contributed by atoms with E-state index in [1.807, 2.05) is 0 Å². The van der Waals surface area contributed by atoms with Crippen molar-refractivity contribution in [1.29, 1.82) is 0 Å². The van der Waals surface area contributed by atoms with Gasteiger partial charge >= 0.3 is 0 Å². The Kier molecular flexibility index (Phi) is 6.01. The molecule has 1 saturated heterocycles. The molecular weight excluding hydrogens is 375 g/mol. The van der Waals surface area contributed by atoms with Crippen LogP contribution in [-0.2, 0) is 4.79 Å². The fraction of sp³-hybridized carbons (Fsp3) is 0.263. The minimum Gasteiger partial charge on any atom is -0.459 e. The number of halogens is 2. The lowest BCUT2D eigenvalue weighted by Gasteiger charge is -2.31. The number of hydrogen-bond donors (Lipinski definition) is 1. The largest absolute Gasteiger partial charge is 0.459 e. The maximum Gasteiger partial charge on any atom is 0.289 e. The Morgan fingerprint density at radius 1 is 1.12 bits per heavy atom. The van der Waals surface area contributed by atoms with Crippen LogP contribution in [0.1, 0.15) is 29.0 Å². The van der Waals surface area contributed by atoms with E-state index < -0.39 is 0 Å². The molecule has 0 aliphatic carbocycles. The maximum absolute atomic E-state index is 12.2. The summed E-state index contributed by atoms with van der Waals surface area (Å²) in [6.45, 7) is 1.15. The molecule has 2 aromatic rings. The Morgan fingerprint density at radius 3 is 2.42 bits per heavy atom. The molecule has 0 spiro atoms. The number of furan rings is 1. The zero-order chi connectivity index (χ0) is 18.5. The highest BCUT2D eigenvalue weighted by Crippen LogP contribution is 2.25. The minimum atomic E-state index is -0.211. The van der Waals surface area contributed by atoms with Crippen molar-refractivity contribution in [1.82, 2.24) is 10.2 Å². The molecule has 136 valence electrons. The molecule has 7 heteroatoms. The number of nitrogens with one attached hydrogen (secondary N) is 1. The number of piperidine rings is 1. The van der Waals surface area contributed by atoms with E-state index in [-0.39, 0.29) is 17.9 Å². The average molecular weight is 393 g/mol. The van der Waals surface area contributed by atoms with E-state index in [4.69, 9.17) is 27.6 Å². The Labute approximate surface area is 161 Å². The molecular formula is C19H18Cl2N2O3. The van der Waals surface area contributed by atoms with Gasteiger partial charge in [0.25, 0.3) is 5.91 Å². The van der Waals surface area contributed by atoms with Crippen LogP contribution in [0.2, 0.25) is 10.0 Å². The molecule has 1 fully saturated rings. The SMILES string of the molecule is O=C(/C=C/c1c(Cl)cccc1Cl)NC1CCN(C(=O)c2ccco2)CC1. The van der Waals surface area contributed by atoms with Gasteiger partial charge in [0.05, 0.1) is 6.26 Å². The number of nitrogens with zero attached hydrogens (tertiary/aromatic N) is 1. The van der Waals surface area contributed by atoms with E-state index in [9.17, 15) is 9.59 Å². The van der Waals surface area contributed by atoms with Crippen molar-refractivity contribution in [3.05, 3.63) is 64.0 Å². The van der Waals surface area contributed by atoms with Crippen molar-refractivity contribution in [2.45, 2.75) is 18.9 Å². The summed E-state index contributed by atoms with van der Waals surface area (Å²) in [7, 11) is 0. The van der Waals surface area contributed by atoms with Crippen molar-refractivity contribution in [3.63, 3.8) is 0 Å². The van der Waals surface area contributed by atoms with Gasteiger partial charge in [0.2, 0.25) is 5.91 Å². The minimum absolute atomic E-state index is 0.0227. The lowest BCUT2D eigenvalue weighted by molar-refractivity contribution is -0.117. The van der Waals surface area contributed by atoms with Crippen LogP contribution in [0, 0.1) is 0 Å². The Balaban J connectivity index is 1.51. The fourth-order valence-corrected chi connectivity index (χ4v) is 3.38.